The summed E-state index contributed by atoms with van der Waals surface area (Å²) < 4.78 is 43.3. The number of nitrogens with zero attached hydrogens (tertiary/aromatic N) is 5. The van der Waals surface area contributed by atoms with Gasteiger partial charge < -0.3 is 18.8 Å². The number of methoxy groups -OCH3 is 2. The molecule has 3 heterocycles. The zero-order valence-electron chi connectivity index (χ0n) is 19.8. The third-order valence-corrected chi connectivity index (χ3v) is 5.59. The summed E-state index contributed by atoms with van der Waals surface area (Å²) in [5, 5.41) is 0. The first-order valence-electron chi connectivity index (χ1n) is 10.9. The molecule has 11 nitrogen and oxygen atoms in total. The van der Waals surface area contributed by atoms with Gasteiger partial charge in [-0.2, -0.15) is 0 Å². The lowest BCUT2D eigenvalue weighted by Crippen LogP contribution is -2.18. The summed E-state index contributed by atoms with van der Waals surface area (Å²) >= 11 is -2.44. The van der Waals surface area contributed by atoms with Crippen molar-refractivity contribution in [1.29, 1.82) is 0 Å². The van der Waals surface area contributed by atoms with E-state index in [1.54, 1.807) is 37.0 Å². The van der Waals surface area contributed by atoms with Crippen LogP contribution in [0.15, 0.2) is 36.4 Å². The number of nitrogens with one attached hydrogen (secondary N) is 1. The minimum Gasteiger partial charge on any atom is -0.760 e. The highest BCUT2D eigenvalue weighted by atomic mass is 32.2. The monoisotopic (exact) mass is 497 g/mol. The molecule has 1 N–H and O–H groups in total. The maximum atomic E-state index is 11.1. The van der Waals surface area contributed by atoms with E-state index in [2.05, 4.69) is 9.71 Å². The molecule has 0 aliphatic rings. The Morgan fingerprint density at radius 2 is 1.69 bits per heavy atom. The van der Waals surface area contributed by atoms with Crippen LogP contribution in [0.2, 0.25) is 0 Å². The van der Waals surface area contributed by atoms with Gasteiger partial charge in [0.15, 0.2) is 17.1 Å². The molecule has 0 aliphatic carbocycles. The van der Waals surface area contributed by atoms with Gasteiger partial charge in [0.25, 0.3) is 0 Å². The molecule has 0 saturated carbocycles. The number of imidazole rings is 1. The van der Waals surface area contributed by atoms with Gasteiger partial charge >= 0.3 is 0 Å². The van der Waals surface area contributed by atoms with Crippen LogP contribution in [-0.2, 0) is 24.2 Å². The maximum Gasteiger partial charge on any atom is 0.213 e. The van der Waals surface area contributed by atoms with E-state index in [0.717, 1.165) is 0 Å². The third-order valence-electron chi connectivity index (χ3n) is 5.21. The molecule has 0 amide bonds. The van der Waals surface area contributed by atoms with Gasteiger partial charge in [-0.25, -0.2) is 24.7 Å². The normalized spacial score (nSPS) is 12.0. The summed E-state index contributed by atoms with van der Waals surface area (Å²) in [4.78, 5) is 18.9. The summed E-state index contributed by atoms with van der Waals surface area (Å²) in [7, 11) is 3.12. The molecular weight excluding hydrogens is 472 g/mol. The average Bonchev–Trinajstić information content (AvgIpc) is 3.24. The molecular formula is C23H25N6O5S-. The molecule has 1 unspecified atom stereocenters. The molecule has 184 valence electrons. The van der Waals surface area contributed by atoms with Crippen LogP contribution in [0, 0.1) is 0 Å². The van der Waals surface area contributed by atoms with E-state index in [9.17, 15) is 8.76 Å². The second kappa shape index (κ2) is 10.8. The summed E-state index contributed by atoms with van der Waals surface area (Å²) in [6.45, 7) is 4.26. The zero-order valence-corrected chi connectivity index (χ0v) is 20.6. The number of benzene rings is 1. The highest BCUT2D eigenvalue weighted by Crippen LogP contribution is 2.38. The van der Waals surface area contributed by atoms with Crippen molar-refractivity contribution in [3.63, 3.8) is 0 Å². The Kier molecular flexibility index (Phi) is 7.54. The number of ether oxygens (including phenoxy) is 3. The third kappa shape index (κ3) is 4.94. The van der Waals surface area contributed by atoms with Gasteiger partial charge in [0.1, 0.15) is 22.9 Å². The predicted octanol–water partition coefficient (Wildman–Crippen LogP) is 2.74. The van der Waals surface area contributed by atoms with Crippen molar-refractivity contribution in [2.24, 2.45) is 0 Å². The Morgan fingerprint density at radius 1 is 0.971 bits per heavy atom. The minimum absolute atomic E-state index is 0.0100. The van der Waals surface area contributed by atoms with Crippen molar-refractivity contribution < 1.29 is 23.0 Å². The molecule has 3 aromatic heterocycles. The largest absolute Gasteiger partial charge is 0.760 e. The standard InChI is InChI=1S/C23H26N6O5S/c1-5-14-16(13-24-35(30)31)27-23-21(26-14)28-22(15-9-7-12-19(25-15)34-6-2)29(23)20-17(32-3)10-8-11-18(20)33-4/h7-12,24H,5-6,13H2,1-4H3,(H,30,31)/p-1. The lowest BCUT2D eigenvalue weighted by Gasteiger charge is -2.17. The van der Waals surface area contributed by atoms with Crippen LogP contribution in [0.4, 0.5) is 0 Å². The summed E-state index contributed by atoms with van der Waals surface area (Å²) in [6.07, 6.45) is 0.545. The molecule has 0 radical (unpaired) electrons. The van der Waals surface area contributed by atoms with E-state index in [-0.39, 0.29) is 6.54 Å². The number of para-hydroxylation sites is 1. The topological polar surface area (TPSA) is 136 Å². The van der Waals surface area contributed by atoms with Gasteiger partial charge in [0.2, 0.25) is 5.88 Å². The lowest BCUT2D eigenvalue weighted by molar-refractivity contribution is 0.327. The van der Waals surface area contributed by atoms with Crippen LogP contribution in [0.3, 0.4) is 0 Å². The van der Waals surface area contributed by atoms with Crippen molar-refractivity contribution in [3.05, 3.63) is 47.8 Å². The lowest BCUT2D eigenvalue weighted by atomic mass is 10.2. The number of pyridine rings is 1. The second-order valence-electron chi connectivity index (χ2n) is 7.25. The highest BCUT2D eigenvalue weighted by molar-refractivity contribution is 7.77. The number of aryl methyl sites for hydroxylation is 1. The molecule has 1 aromatic carbocycles. The van der Waals surface area contributed by atoms with Gasteiger partial charge in [0.05, 0.1) is 38.8 Å². The van der Waals surface area contributed by atoms with Crippen LogP contribution in [0.1, 0.15) is 25.2 Å². The van der Waals surface area contributed by atoms with E-state index >= 15 is 0 Å². The molecule has 1 atom stereocenters. The predicted molar refractivity (Wildman–Crippen MR) is 129 cm³/mol. The Labute approximate surface area is 204 Å². The average molecular weight is 498 g/mol. The van der Waals surface area contributed by atoms with E-state index in [1.807, 2.05) is 32.0 Å². The zero-order chi connectivity index (χ0) is 24.9. The highest BCUT2D eigenvalue weighted by Gasteiger charge is 2.24. The molecule has 0 saturated heterocycles. The van der Waals surface area contributed by atoms with E-state index in [4.69, 9.17) is 29.2 Å². The first kappa shape index (κ1) is 24.5. The quantitative estimate of drug-likeness (QED) is 0.328. The molecule has 12 heteroatoms. The van der Waals surface area contributed by atoms with Crippen LogP contribution >= 0.6 is 0 Å². The second-order valence-corrected chi connectivity index (χ2v) is 8.01. The van der Waals surface area contributed by atoms with Gasteiger partial charge in [-0.05, 0) is 31.5 Å². The van der Waals surface area contributed by atoms with Crippen LogP contribution in [0.25, 0.3) is 28.5 Å². The fourth-order valence-corrected chi connectivity index (χ4v) is 3.97. The fourth-order valence-electron chi connectivity index (χ4n) is 3.72. The molecule has 0 spiro atoms. The Balaban J connectivity index is 2.06. The van der Waals surface area contributed by atoms with E-state index in [0.29, 0.717) is 70.3 Å². The van der Waals surface area contributed by atoms with Gasteiger partial charge in [0, 0.05) is 17.3 Å². The van der Waals surface area contributed by atoms with Gasteiger partial charge in [-0.3, -0.25) is 8.78 Å². The van der Waals surface area contributed by atoms with Crippen molar-refractivity contribution in [1.82, 2.24) is 29.2 Å². The minimum atomic E-state index is -2.44. The van der Waals surface area contributed by atoms with Crippen molar-refractivity contribution in [3.8, 4) is 34.6 Å². The van der Waals surface area contributed by atoms with Crippen molar-refractivity contribution in [2.45, 2.75) is 26.8 Å². The van der Waals surface area contributed by atoms with Crippen molar-refractivity contribution >= 4 is 22.6 Å². The number of fused-ring (bicyclic) bond motifs is 1. The Morgan fingerprint density at radius 3 is 2.31 bits per heavy atom. The fraction of sp³-hybridized carbons (Fsp3) is 0.304. The smallest absolute Gasteiger partial charge is 0.213 e. The number of hydrogen-bond donors (Lipinski definition) is 1. The van der Waals surface area contributed by atoms with Crippen LogP contribution in [-0.4, -0.2) is 54.1 Å². The SMILES string of the molecule is CCOc1cccc(-c2nc3nc(CC)c(CNS(=O)[O-])nc3n2-c2c(OC)cccc2OC)n1. The first-order valence-corrected chi connectivity index (χ1v) is 12.0. The Bertz CT molecular complexity index is 1350. The van der Waals surface area contributed by atoms with Gasteiger partial charge in [-0.1, -0.05) is 19.1 Å². The first-order chi connectivity index (χ1) is 17.0. The molecule has 0 aliphatic heterocycles. The summed E-state index contributed by atoms with van der Waals surface area (Å²) in [5.41, 5.74) is 2.99. The van der Waals surface area contributed by atoms with Crippen LogP contribution in [0.5, 0.6) is 17.4 Å². The maximum absolute atomic E-state index is 11.1. The van der Waals surface area contributed by atoms with E-state index in [1.165, 1.54) is 0 Å². The summed E-state index contributed by atoms with van der Waals surface area (Å²) in [6, 6.07) is 10.8. The number of rotatable bonds is 10. The van der Waals surface area contributed by atoms with E-state index < -0.39 is 11.3 Å². The van der Waals surface area contributed by atoms with Crippen LogP contribution < -0.4 is 18.9 Å². The molecule has 4 rings (SSSR count). The summed E-state index contributed by atoms with van der Waals surface area (Å²) in [5.74, 6) is 1.94. The molecule has 0 bridgehead atoms. The number of hydrogen-bond acceptors (Lipinski definition) is 9. The van der Waals surface area contributed by atoms with Crippen molar-refractivity contribution in [2.75, 3.05) is 20.8 Å². The molecule has 35 heavy (non-hydrogen) atoms. The molecule has 0 fully saturated rings. The Hall–Kier alpha value is -3.61. The van der Waals surface area contributed by atoms with Gasteiger partial charge in [-0.15, -0.1) is 0 Å². The molecule has 4 aromatic rings. The number of aromatic nitrogens is 5.